The number of aromatic amines is 1. The molecule has 2 aromatic rings. The fraction of sp³-hybridized carbons (Fsp3) is 0.231. The Morgan fingerprint density at radius 3 is 2.80 bits per heavy atom. The van der Waals surface area contributed by atoms with Crippen LogP contribution in [0.15, 0.2) is 30.3 Å². The molecule has 20 heavy (non-hydrogen) atoms. The van der Waals surface area contributed by atoms with Crippen LogP contribution in [-0.4, -0.2) is 21.0 Å². The highest BCUT2D eigenvalue weighted by atomic mass is 16.6. The van der Waals surface area contributed by atoms with E-state index in [9.17, 15) is 14.9 Å². The standard InChI is InChI=1S/C13H14N4O3/c1-8-6-12(16-15-8)14-13(18)9(2)10-4-3-5-11(7-10)17(19)20/h3-7,9H,1-2H3,(H2,14,15,16,18). The number of nitro benzene ring substituents is 1. The van der Waals surface area contributed by atoms with Gasteiger partial charge >= 0.3 is 0 Å². The van der Waals surface area contributed by atoms with Gasteiger partial charge in [0.15, 0.2) is 5.82 Å². The van der Waals surface area contributed by atoms with Crippen LogP contribution in [0.25, 0.3) is 0 Å². The van der Waals surface area contributed by atoms with Crippen LogP contribution in [0.4, 0.5) is 11.5 Å². The molecule has 7 heteroatoms. The summed E-state index contributed by atoms with van der Waals surface area (Å²) in [7, 11) is 0. The quantitative estimate of drug-likeness (QED) is 0.660. The number of carbonyl (C=O) groups is 1. The van der Waals surface area contributed by atoms with Crippen LogP contribution in [0, 0.1) is 17.0 Å². The molecular weight excluding hydrogens is 260 g/mol. The Kier molecular flexibility index (Phi) is 3.79. The largest absolute Gasteiger partial charge is 0.309 e. The van der Waals surface area contributed by atoms with Crippen LogP contribution in [0.1, 0.15) is 24.1 Å². The van der Waals surface area contributed by atoms with E-state index in [1.54, 1.807) is 25.1 Å². The number of amides is 1. The van der Waals surface area contributed by atoms with Crippen LogP contribution in [0.5, 0.6) is 0 Å². The molecule has 1 heterocycles. The smallest absolute Gasteiger partial charge is 0.269 e. The van der Waals surface area contributed by atoms with E-state index < -0.39 is 10.8 Å². The monoisotopic (exact) mass is 274 g/mol. The van der Waals surface area contributed by atoms with Crippen molar-refractivity contribution in [1.82, 2.24) is 10.2 Å². The maximum absolute atomic E-state index is 12.1. The van der Waals surface area contributed by atoms with Gasteiger partial charge < -0.3 is 5.32 Å². The lowest BCUT2D eigenvalue weighted by Gasteiger charge is -2.10. The van der Waals surface area contributed by atoms with E-state index >= 15 is 0 Å². The van der Waals surface area contributed by atoms with E-state index in [2.05, 4.69) is 15.5 Å². The van der Waals surface area contributed by atoms with E-state index in [1.165, 1.54) is 12.1 Å². The normalized spacial score (nSPS) is 11.9. The van der Waals surface area contributed by atoms with E-state index in [1.807, 2.05) is 6.92 Å². The Balaban J connectivity index is 2.14. The van der Waals surface area contributed by atoms with Crippen molar-refractivity contribution in [1.29, 1.82) is 0 Å². The number of hydrogen-bond donors (Lipinski definition) is 2. The number of nitro groups is 1. The SMILES string of the molecule is Cc1cc(NC(=O)C(C)c2cccc([N+](=O)[O-])c2)n[nH]1. The van der Waals surface area contributed by atoms with Gasteiger partial charge in [-0.2, -0.15) is 5.10 Å². The third-order valence-corrected chi connectivity index (χ3v) is 2.93. The number of hydrogen-bond acceptors (Lipinski definition) is 4. The number of anilines is 1. The van der Waals surface area contributed by atoms with Crippen molar-refractivity contribution in [3.8, 4) is 0 Å². The Hall–Kier alpha value is -2.70. The molecule has 7 nitrogen and oxygen atoms in total. The zero-order chi connectivity index (χ0) is 14.7. The summed E-state index contributed by atoms with van der Waals surface area (Å²) in [5.41, 5.74) is 1.39. The van der Waals surface area contributed by atoms with Crippen LogP contribution < -0.4 is 5.32 Å². The molecule has 2 rings (SSSR count). The highest BCUT2D eigenvalue weighted by molar-refractivity contribution is 5.94. The first-order chi connectivity index (χ1) is 9.47. The van der Waals surface area contributed by atoms with Gasteiger partial charge in [0.1, 0.15) is 0 Å². The second-order valence-electron chi connectivity index (χ2n) is 4.50. The Morgan fingerprint density at radius 1 is 1.45 bits per heavy atom. The van der Waals surface area contributed by atoms with E-state index in [0.717, 1.165) is 5.69 Å². The molecule has 1 aromatic heterocycles. The number of non-ortho nitro benzene ring substituents is 1. The van der Waals surface area contributed by atoms with Crippen LogP contribution in [0.3, 0.4) is 0 Å². The minimum Gasteiger partial charge on any atom is -0.309 e. The third-order valence-electron chi connectivity index (χ3n) is 2.93. The van der Waals surface area contributed by atoms with Crippen molar-refractivity contribution in [2.45, 2.75) is 19.8 Å². The molecule has 0 aliphatic carbocycles. The molecule has 0 radical (unpaired) electrons. The van der Waals surface area contributed by atoms with Crippen molar-refractivity contribution in [2.75, 3.05) is 5.32 Å². The predicted molar refractivity (Wildman–Crippen MR) is 73.5 cm³/mol. The van der Waals surface area contributed by atoms with Crippen molar-refractivity contribution >= 4 is 17.4 Å². The Bertz CT molecular complexity index is 651. The molecule has 0 aliphatic heterocycles. The second kappa shape index (κ2) is 5.52. The summed E-state index contributed by atoms with van der Waals surface area (Å²) in [6.45, 7) is 3.51. The van der Waals surface area contributed by atoms with Gasteiger partial charge in [-0.1, -0.05) is 12.1 Å². The minimum absolute atomic E-state index is 0.0298. The summed E-state index contributed by atoms with van der Waals surface area (Å²) >= 11 is 0. The molecule has 0 aliphatic rings. The molecule has 0 saturated carbocycles. The second-order valence-corrected chi connectivity index (χ2v) is 4.50. The zero-order valence-corrected chi connectivity index (χ0v) is 11.1. The molecule has 0 spiro atoms. The molecule has 1 atom stereocenters. The summed E-state index contributed by atoms with van der Waals surface area (Å²) in [6, 6.07) is 7.76. The van der Waals surface area contributed by atoms with Crippen molar-refractivity contribution in [2.24, 2.45) is 0 Å². The average Bonchev–Trinajstić information content (AvgIpc) is 2.83. The summed E-state index contributed by atoms with van der Waals surface area (Å²) in [4.78, 5) is 22.3. The maximum Gasteiger partial charge on any atom is 0.269 e. The van der Waals surface area contributed by atoms with Crippen molar-refractivity contribution in [3.05, 3.63) is 51.7 Å². The first-order valence-corrected chi connectivity index (χ1v) is 6.04. The topological polar surface area (TPSA) is 101 Å². The molecule has 0 saturated heterocycles. The molecule has 1 unspecified atom stereocenters. The van der Waals surface area contributed by atoms with Crippen molar-refractivity contribution in [3.63, 3.8) is 0 Å². The summed E-state index contributed by atoms with van der Waals surface area (Å²) < 4.78 is 0. The number of carbonyl (C=O) groups excluding carboxylic acids is 1. The van der Waals surface area contributed by atoms with Gasteiger partial charge in [0.2, 0.25) is 5.91 Å². The highest BCUT2D eigenvalue weighted by Crippen LogP contribution is 2.22. The fourth-order valence-corrected chi connectivity index (χ4v) is 1.78. The number of aromatic nitrogens is 2. The van der Waals surface area contributed by atoms with Gasteiger partial charge in [0, 0.05) is 23.9 Å². The number of nitrogens with zero attached hydrogens (tertiary/aromatic N) is 2. The van der Waals surface area contributed by atoms with Gasteiger partial charge in [0.05, 0.1) is 10.8 Å². The van der Waals surface area contributed by atoms with Gasteiger partial charge in [-0.3, -0.25) is 20.0 Å². The number of H-pyrrole nitrogens is 1. The Morgan fingerprint density at radius 2 is 2.20 bits per heavy atom. The lowest BCUT2D eigenvalue weighted by atomic mass is 10.00. The van der Waals surface area contributed by atoms with Crippen LogP contribution in [-0.2, 0) is 4.79 Å². The highest BCUT2D eigenvalue weighted by Gasteiger charge is 2.18. The van der Waals surface area contributed by atoms with Gasteiger partial charge in [-0.15, -0.1) is 0 Å². The number of nitrogens with one attached hydrogen (secondary N) is 2. The number of aryl methyl sites for hydroxylation is 1. The van der Waals surface area contributed by atoms with Crippen molar-refractivity contribution < 1.29 is 9.72 Å². The molecular formula is C13H14N4O3. The first kappa shape index (κ1) is 13.7. The molecule has 104 valence electrons. The van der Waals surface area contributed by atoms with E-state index in [4.69, 9.17) is 0 Å². The predicted octanol–water partition coefficient (Wildman–Crippen LogP) is 2.37. The fourth-order valence-electron chi connectivity index (χ4n) is 1.78. The Labute approximate surface area is 115 Å². The first-order valence-electron chi connectivity index (χ1n) is 6.04. The maximum atomic E-state index is 12.1. The molecule has 1 amide bonds. The van der Waals surface area contributed by atoms with Crippen LogP contribution >= 0.6 is 0 Å². The number of rotatable bonds is 4. The molecule has 1 aromatic carbocycles. The molecule has 0 fully saturated rings. The van der Waals surface area contributed by atoms with E-state index in [0.29, 0.717) is 11.4 Å². The lowest BCUT2D eigenvalue weighted by Crippen LogP contribution is -2.19. The summed E-state index contributed by atoms with van der Waals surface area (Å²) in [5.74, 6) is -0.339. The lowest BCUT2D eigenvalue weighted by molar-refractivity contribution is -0.384. The van der Waals surface area contributed by atoms with Crippen LogP contribution in [0.2, 0.25) is 0 Å². The summed E-state index contributed by atoms with van der Waals surface area (Å²) in [6.07, 6.45) is 0. The van der Waals surface area contributed by atoms with Gasteiger partial charge in [-0.25, -0.2) is 0 Å². The molecule has 0 bridgehead atoms. The zero-order valence-electron chi connectivity index (χ0n) is 11.1. The number of benzene rings is 1. The van der Waals surface area contributed by atoms with E-state index in [-0.39, 0.29) is 11.6 Å². The third kappa shape index (κ3) is 3.00. The van der Waals surface area contributed by atoms with Gasteiger partial charge in [0.25, 0.3) is 5.69 Å². The molecule has 2 N–H and O–H groups in total. The minimum atomic E-state index is -0.507. The summed E-state index contributed by atoms with van der Waals surface area (Å²) in [5, 5.41) is 20.0. The van der Waals surface area contributed by atoms with Gasteiger partial charge in [-0.05, 0) is 19.4 Å². The average molecular weight is 274 g/mol.